The number of anilines is 1. The molecule has 7 heteroatoms. The minimum absolute atomic E-state index is 0.0931. The van der Waals surface area contributed by atoms with Crippen LogP contribution in [0.5, 0.6) is 0 Å². The van der Waals surface area contributed by atoms with Gasteiger partial charge in [-0.05, 0) is 42.8 Å². The monoisotopic (exact) mass is 388 g/mol. The van der Waals surface area contributed by atoms with Gasteiger partial charge in [0.1, 0.15) is 0 Å². The summed E-state index contributed by atoms with van der Waals surface area (Å²) in [5.74, 6) is 0. The average molecular weight is 390 g/mol. The van der Waals surface area contributed by atoms with Crippen molar-refractivity contribution in [1.29, 1.82) is 0 Å². The van der Waals surface area contributed by atoms with Gasteiger partial charge in [0.05, 0.1) is 15.6 Å². The Morgan fingerprint density at radius 1 is 1.24 bits per heavy atom. The molecular formula is C14H14BrClN2O2S. The Morgan fingerprint density at radius 3 is 2.57 bits per heavy atom. The first-order valence-electron chi connectivity index (χ1n) is 6.12. The number of hydrogen-bond acceptors (Lipinski definition) is 3. The summed E-state index contributed by atoms with van der Waals surface area (Å²) in [7, 11) is -3.71. The number of sulfonamides is 1. The Hall–Kier alpha value is -1.08. The third kappa shape index (κ3) is 4.20. The molecule has 0 radical (unpaired) electrons. The molecule has 21 heavy (non-hydrogen) atoms. The summed E-state index contributed by atoms with van der Waals surface area (Å²) in [4.78, 5) is 0.0931. The fraction of sp³-hybridized carbons (Fsp3) is 0.143. The van der Waals surface area contributed by atoms with Crippen LogP contribution in [0.4, 0.5) is 5.69 Å². The molecule has 0 aliphatic heterocycles. The maximum Gasteiger partial charge on any atom is 0.238 e. The number of nitrogens with two attached hydrogens (primary N) is 1. The van der Waals surface area contributed by atoms with E-state index in [0.29, 0.717) is 5.02 Å². The van der Waals surface area contributed by atoms with Crippen molar-refractivity contribution < 1.29 is 8.42 Å². The van der Waals surface area contributed by atoms with Crippen molar-refractivity contribution >= 4 is 43.2 Å². The lowest BCUT2D eigenvalue weighted by molar-refractivity contribution is 0.597. The highest BCUT2D eigenvalue weighted by Crippen LogP contribution is 2.29. The normalized spacial score (nSPS) is 13.0. The van der Waals surface area contributed by atoms with Crippen LogP contribution in [0.25, 0.3) is 0 Å². The van der Waals surface area contributed by atoms with Crippen molar-refractivity contribution in [3.63, 3.8) is 0 Å². The number of hydrogen-bond donors (Lipinski definition) is 2. The van der Waals surface area contributed by atoms with Gasteiger partial charge in [-0.25, -0.2) is 13.6 Å². The van der Waals surface area contributed by atoms with E-state index in [1.54, 1.807) is 18.2 Å². The van der Waals surface area contributed by atoms with Gasteiger partial charge in [0.25, 0.3) is 0 Å². The van der Waals surface area contributed by atoms with Crippen molar-refractivity contribution in [3.05, 3.63) is 57.5 Å². The largest absolute Gasteiger partial charge is 0.377 e. The minimum Gasteiger partial charge on any atom is -0.377 e. The zero-order valence-corrected chi connectivity index (χ0v) is 14.3. The molecule has 0 aliphatic carbocycles. The lowest BCUT2D eigenvalue weighted by Gasteiger charge is -2.17. The van der Waals surface area contributed by atoms with E-state index in [9.17, 15) is 8.42 Å². The molecule has 0 heterocycles. The first kappa shape index (κ1) is 16.3. The second kappa shape index (κ2) is 6.36. The van der Waals surface area contributed by atoms with Gasteiger partial charge in [0, 0.05) is 10.5 Å². The van der Waals surface area contributed by atoms with Crippen LogP contribution in [-0.2, 0) is 10.0 Å². The van der Waals surface area contributed by atoms with Crippen molar-refractivity contribution in [2.75, 3.05) is 5.32 Å². The molecule has 0 saturated heterocycles. The highest BCUT2D eigenvalue weighted by molar-refractivity contribution is 9.10. The highest BCUT2D eigenvalue weighted by Gasteiger charge is 2.12. The van der Waals surface area contributed by atoms with Crippen LogP contribution < -0.4 is 10.5 Å². The summed E-state index contributed by atoms with van der Waals surface area (Å²) in [6.45, 7) is 1.92. The summed E-state index contributed by atoms with van der Waals surface area (Å²) >= 11 is 9.50. The lowest BCUT2D eigenvalue weighted by atomic mass is 10.1. The number of nitrogens with one attached hydrogen (secondary N) is 1. The molecule has 1 atom stereocenters. The Labute approximate surface area is 137 Å². The van der Waals surface area contributed by atoms with E-state index in [-0.39, 0.29) is 10.9 Å². The van der Waals surface area contributed by atoms with Gasteiger partial charge in [-0.1, -0.05) is 39.7 Å². The van der Waals surface area contributed by atoms with E-state index in [4.69, 9.17) is 16.7 Å². The van der Waals surface area contributed by atoms with Crippen molar-refractivity contribution in [2.24, 2.45) is 5.14 Å². The fourth-order valence-electron chi connectivity index (χ4n) is 1.88. The van der Waals surface area contributed by atoms with Crippen LogP contribution >= 0.6 is 27.5 Å². The Bertz CT molecular complexity index is 765. The third-order valence-corrected chi connectivity index (χ3v) is 4.71. The molecule has 3 N–H and O–H groups in total. The fourth-order valence-corrected chi connectivity index (χ4v) is 3.18. The van der Waals surface area contributed by atoms with Crippen LogP contribution in [0.2, 0.25) is 5.02 Å². The molecular weight excluding hydrogens is 376 g/mol. The summed E-state index contributed by atoms with van der Waals surface area (Å²) in [5, 5.41) is 8.97. The molecule has 2 rings (SSSR count). The molecule has 2 aromatic carbocycles. The molecule has 0 aliphatic rings. The summed E-state index contributed by atoms with van der Waals surface area (Å²) in [6, 6.07) is 11.9. The lowest BCUT2D eigenvalue weighted by Crippen LogP contribution is -2.13. The summed E-state index contributed by atoms with van der Waals surface area (Å²) in [5.41, 5.74) is 1.58. The van der Waals surface area contributed by atoms with E-state index < -0.39 is 10.0 Å². The Kier molecular flexibility index (Phi) is 4.93. The second-order valence-corrected chi connectivity index (χ2v) is 7.49. The van der Waals surface area contributed by atoms with Gasteiger partial charge < -0.3 is 5.32 Å². The van der Waals surface area contributed by atoms with Crippen molar-refractivity contribution in [1.82, 2.24) is 0 Å². The van der Waals surface area contributed by atoms with Crippen LogP contribution in [-0.4, -0.2) is 8.42 Å². The zero-order valence-electron chi connectivity index (χ0n) is 11.2. The Balaban J connectivity index is 2.26. The van der Waals surface area contributed by atoms with Crippen molar-refractivity contribution in [3.8, 4) is 0 Å². The summed E-state index contributed by atoms with van der Waals surface area (Å²) in [6.07, 6.45) is 0. The predicted molar refractivity (Wildman–Crippen MR) is 89.0 cm³/mol. The molecule has 112 valence electrons. The van der Waals surface area contributed by atoms with Gasteiger partial charge in [-0.3, -0.25) is 0 Å². The standard InChI is InChI=1S/C14H14BrClN2O2S/c1-9(18-14-6-5-11(15)8-13(14)16)10-3-2-4-12(7-10)21(17,19)20/h2-9,18H,1H3,(H2,17,19,20). The van der Waals surface area contributed by atoms with E-state index in [0.717, 1.165) is 15.7 Å². The third-order valence-electron chi connectivity index (χ3n) is 2.99. The van der Waals surface area contributed by atoms with Gasteiger partial charge in [0.2, 0.25) is 10.0 Å². The molecule has 0 spiro atoms. The minimum atomic E-state index is -3.71. The zero-order chi connectivity index (χ0) is 15.6. The van der Waals surface area contributed by atoms with Crippen LogP contribution in [0.1, 0.15) is 18.5 Å². The molecule has 0 amide bonds. The maximum atomic E-state index is 11.4. The molecule has 4 nitrogen and oxygen atoms in total. The maximum absolute atomic E-state index is 11.4. The molecule has 0 bridgehead atoms. The first-order valence-corrected chi connectivity index (χ1v) is 8.83. The van der Waals surface area contributed by atoms with E-state index in [1.165, 1.54) is 6.07 Å². The predicted octanol–water partition coefficient (Wildman–Crippen LogP) is 3.92. The number of benzene rings is 2. The average Bonchev–Trinajstić information content (AvgIpc) is 2.41. The molecule has 1 unspecified atom stereocenters. The van der Waals surface area contributed by atoms with E-state index in [2.05, 4.69) is 21.2 Å². The summed E-state index contributed by atoms with van der Waals surface area (Å²) < 4.78 is 23.7. The van der Waals surface area contributed by atoms with Crippen molar-refractivity contribution in [2.45, 2.75) is 17.9 Å². The number of halogens is 2. The van der Waals surface area contributed by atoms with Gasteiger partial charge >= 0.3 is 0 Å². The SMILES string of the molecule is CC(Nc1ccc(Br)cc1Cl)c1cccc(S(N)(=O)=O)c1. The quantitative estimate of drug-likeness (QED) is 0.832. The molecule has 0 aromatic heterocycles. The Morgan fingerprint density at radius 2 is 1.95 bits per heavy atom. The smallest absolute Gasteiger partial charge is 0.238 e. The molecule has 2 aromatic rings. The van der Waals surface area contributed by atoms with Crippen LogP contribution in [0, 0.1) is 0 Å². The van der Waals surface area contributed by atoms with Gasteiger partial charge in [-0.2, -0.15) is 0 Å². The second-order valence-electron chi connectivity index (χ2n) is 4.61. The molecule has 0 fully saturated rings. The first-order chi connectivity index (χ1) is 9.77. The number of primary sulfonamides is 1. The van der Waals surface area contributed by atoms with Crippen LogP contribution in [0.3, 0.4) is 0 Å². The van der Waals surface area contributed by atoms with E-state index in [1.807, 2.05) is 25.1 Å². The van der Waals surface area contributed by atoms with Gasteiger partial charge in [-0.15, -0.1) is 0 Å². The highest BCUT2D eigenvalue weighted by atomic mass is 79.9. The topological polar surface area (TPSA) is 72.2 Å². The van der Waals surface area contributed by atoms with Gasteiger partial charge in [0.15, 0.2) is 0 Å². The number of rotatable bonds is 4. The van der Waals surface area contributed by atoms with E-state index >= 15 is 0 Å². The molecule has 0 saturated carbocycles. The van der Waals surface area contributed by atoms with Crippen LogP contribution in [0.15, 0.2) is 51.8 Å².